The van der Waals surface area contributed by atoms with E-state index in [0.717, 1.165) is 65.1 Å². The van der Waals surface area contributed by atoms with Crippen molar-refractivity contribution >= 4 is 39.2 Å². The van der Waals surface area contributed by atoms with Crippen molar-refractivity contribution < 1.29 is 4.79 Å². The van der Waals surface area contributed by atoms with Crippen LogP contribution in [0.25, 0.3) is 21.8 Å². The zero-order valence-corrected chi connectivity index (χ0v) is 18.0. The van der Waals surface area contributed by atoms with E-state index in [4.69, 9.17) is 4.98 Å². The van der Waals surface area contributed by atoms with Crippen molar-refractivity contribution in [2.24, 2.45) is 0 Å². The smallest absolute Gasteiger partial charge is 0.228 e. The summed E-state index contributed by atoms with van der Waals surface area (Å²) in [5.74, 6) is 1.01. The van der Waals surface area contributed by atoms with Gasteiger partial charge in [0.1, 0.15) is 5.82 Å². The van der Waals surface area contributed by atoms with E-state index in [1.165, 1.54) is 5.56 Å². The van der Waals surface area contributed by atoms with Gasteiger partial charge in [-0.25, -0.2) is 4.98 Å². The van der Waals surface area contributed by atoms with Crippen molar-refractivity contribution in [1.29, 1.82) is 0 Å². The molecule has 158 valence electrons. The van der Waals surface area contributed by atoms with Crippen LogP contribution in [0, 0.1) is 6.92 Å². The average Bonchev–Trinajstić information content (AvgIpc) is 3.17. The third-order valence-electron chi connectivity index (χ3n) is 6.14. The number of carbonyl (C=O) groups is 1. The molecule has 0 spiro atoms. The van der Waals surface area contributed by atoms with Gasteiger partial charge in [-0.1, -0.05) is 18.2 Å². The number of aromatic amines is 1. The molecular weight excluding hydrogens is 386 g/mol. The maximum Gasteiger partial charge on any atom is 0.228 e. The van der Waals surface area contributed by atoms with Gasteiger partial charge in [0, 0.05) is 54.4 Å². The summed E-state index contributed by atoms with van der Waals surface area (Å²) in [7, 11) is 2.16. The number of piperazine rings is 1. The summed E-state index contributed by atoms with van der Waals surface area (Å²) in [4.78, 5) is 25.5. The summed E-state index contributed by atoms with van der Waals surface area (Å²) in [6.07, 6.45) is 2.25. The van der Waals surface area contributed by atoms with Crippen LogP contribution in [-0.2, 0) is 11.2 Å². The molecule has 3 heterocycles. The number of amides is 1. The van der Waals surface area contributed by atoms with E-state index < -0.39 is 0 Å². The normalized spacial score (nSPS) is 15.0. The molecule has 1 amide bonds. The molecule has 6 heteroatoms. The van der Waals surface area contributed by atoms with E-state index in [2.05, 4.69) is 40.1 Å². The Morgan fingerprint density at radius 2 is 1.87 bits per heavy atom. The number of anilines is 2. The Bertz CT molecular complexity index is 1250. The van der Waals surface area contributed by atoms with Crippen molar-refractivity contribution in [3.8, 4) is 0 Å². The lowest BCUT2D eigenvalue weighted by molar-refractivity contribution is -0.115. The number of carbonyl (C=O) groups excluding carboxylic acids is 1. The molecule has 0 radical (unpaired) electrons. The number of nitrogens with one attached hydrogen (secondary N) is 2. The minimum Gasteiger partial charge on any atom is -0.361 e. The predicted octanol–water partition coefficient (Wildman–Crippen LogP) is 3.96. The van der Waals surface area contributed by atoms with Crippen molar-refractivity contribution in [3.63, 3.8) is 0 Å². The summed E-state index contributed by atoms with van der Waals surface area (Å²) in [5.41, 5.74) is 4.99. The molecule has 0 saturated carbocycles. The quantitative estimate of drug-likeness (QED) is 0.532. The minimum absolute atomic E-state index is 0.0243. The van der Waals surface area contributed by atoms with Crippen LogP contribution in [0.1, 0.15) is 11.1 Å². The molecule has 2 aromatic carbocycles. The summed E-state index contributed by atoms with van der Waals surface area (Å²) in [5, 5.41) is 5.21. The summed E-state index contributed by atoms with van der Waals surface area (Å²) >= 11 is 0. The first-order valence-corrected chi connectivity index (χ1v) is 10.8. The lowest BCUT2D eigenvalue weighted by atomic mass is 10.1. The standard InChI is InChI=1S/C25H27N5O/c1-17-13-24(30-11-9-29(2)10-12-30)28-23-8-7-19(15-21(17)23)27-25(31)14-18-16-26-22-6-4-3-5-20(18)22/h3-8,13,15-16,26H,9-12,14H2,1-2H3,(H,27,31). The van der Waals surface area contributed by atoms with Crippen molar-refractivity contribution in [1.82, 2.24) is 14.9 Å². The Labute approximate surface area is 181 Å². The largest absolute Gasteiger partial charge is 0.361 e. The van der Waals surface area contributed by atoms with Crippen molar-refractivity contribution in [2.45, 2.75) is 13.3 Å². The highest BCUT2D eigenvalue weighted by Gasteiger charge is 2.17. The molecule has 1 fully saturated rings. The van der Waals surface area contributed by atoms with Crippen LogP contribution >= 0.6 is 0 Å². The number of pyridine rings is 1. The molecule has 2 N–H and O–H groups in total. The molecule has 2 aromatic heterocycles. The Morgan fingerprint density at radius 3 is 2.71 bits per heavy atom. The number of benzene rings is 2. The molecule has 1 saturated heterocycles. The predicted molar refractivity (Wildman–Crippen MR) is 127 cm³/mol. The molecule has 0 aliphatic carbocycles. The topological polar surface area (TPSA) is 64.3 Å². The van der Waals surface area contributed by atoms with Gasteiger partial charge in [-0.2, -0.15) is 0 Å². The van der Waals surface area contributed by atoms with Crippen LogP contribution in [0.4, 0.5) is 11.5 Å². The third kappa shape index (κ3) is 3.99. The second-order valence-corrected chi connectivity index (χ2v) is 8.40. The summed E-state index contributed by atoms with van der Waals surface area (Å²) in [6, 6.07) is 16.2. The van der Waals surface area contributed by atoms with E-state index in [0.29, 0.717) is 6.42 Å². The van der Waals surface area contributed by atoms with E-state index >= 15 is 0 Å². The molecule has 0 bridgehead atoms. The molecule has 1 aliphatic rings. The van der Waals surface area contributed by atoms with Crippen molar-refractivity contribution in [3.05, 3.63) is 65.9 Å². The first-order valence-electron chi connectivity index (χ1n) is 10.8. The van der Waals surface area contributed by atoms with E-state index in [1.54, 1.807) is 0 Å². The van der Waals surface area contributed by atoms with Crippen LogP contribution in [0.2, 0.25) is 0 Å². The van der Waals surface area contributed by atoms with E-state index in [1.807, 2.05) is 48.7 Å². The number of fused-ring (bicyclic) bond motifs is 2. The lowest BCUT2D eigenvalue weighted by Gasteiger charge is -2.33. The van der Waals surface area contributed by atoms with Crippen LogP contribution in [0.5, 0.6) is 0 Å². The highest BCUT2D eigenvalue weighted by atomic mass is 16.1. The number of para-hydroxylation sites is 1. The first kappa shape index (κ1) is 19.6. The Kier molecular flexibility index (Phi) is 5.08. The second kappa shape index (κ2) is 8.04. The molecular formula is C25H27N5O. The zero-order valence-electron chi connectivity index (χ0n) is 18.0. The van der Waals surface area contributed by atoms with Gasteiger partial charge in [-0.3, -0.25) is 4.79 Å². The van der Waals surface area contributed by atoms with Crippen LogP contribution in [0.15, 0.2) is 54.7 Å². The van der Waals surface area contributed by atoms with Gasteiger partial charge < -0.3 is 20.1 Å². The fourth-order valence-electron chi connectivity index (χ4n) is 4.31. The summed E-state index contributed by atoms with van der Waals surface area (Å²) < 4.78 is 0. The van der Waals surface area contributed by atoms with Gasteiger partial charge in [0.2, 0.25) is 5.91 Å². The molecule has 4 aromatic rings. The number of nitrogens with zero attached hydrogens (tertiary/aromatic N) is 3. The Hall–Kier alpha value is -3.38. The number of rotatable bonds is 4. The molecule has 1 aliphatic heterocycles. The maximum atomic E-state index is 12.7. The molecule has 31 heavy (non-hydrogen) atoms. The van der Waals surface area contributed by atoms with Crippen molar-refractivity contribution in [2.75, 3.05) is 43.4 Å². The van der Waals surface area contributed by atoms with Crippen LogP contribution in [0.3, 0.4) is 0 Å². The van der Waals surface area contributed by atoms with Gasteiger partial charge in [0.25, 0.3) is 0 Å². The second-order valence-electron chi connectivity index (χ2n) is 8.40. The third-order valence-corrected chi connectivity index (χ3v) is 6.14. The van der Waals surface area contributed by atoms with Crippen LogP contribution in [-0.4, -0.2) is 54.0 Å². The van der Waals surface area contributed by atoms with Gasteiger partial charge in [0.05, 0.1) is 11.9 Å². The van der Waals surface area contributed by atoms with Gasteiger partial charge in [-0.15, -0.1) is 0 Å². The maximum absolute atomic E-state index is 12.7. The van der Waals surface area contributed by atoms with Gasteiger partial charge in [0.15, 0.2) is 0 Å². The molecule has 6 nitrogen and oxygen atoms in total. The SMILES string of the molecule is Cc1cc(N2CCN(C)CC2)nc2ccc(NC(=O)Cc3c[nH]c4ccccc34)cc12. The number of aryl methyl sites for hydroxylation is 1. The number of aromatic nitrogens is 2. The molecule has 0 unspecified atom stereocenters. The van der Waals surface area contributed by atoms with Crippen LogP contribution < -0.4 is 10.2 Å². The molecule has 0 atom stereocenters. The average molecular weight is 414 g/mol. The minimum atomic E-state index is -0.0243. The Balaban J connectivity index is 1.34. The van der Waals surface area contributed by atoms with E-state index in [-0.39, 0.29) is 5.91 Å². The van der Waals surface area contributed by atoms with Gasteiger partial charge >= 0.3 is 0 Å². The zero-order chi connectivity index (χ0) is 21.4. The Morgan fingerprint density at radius 1 is 1.06 bits per heavy atom. The van der Waals surface area contributed by atoms with Gasteiger partial charge in [-0.05, 0) is 55.4 Å². The monoisotopic (exact) mass is 413 g/mol. The number of likely N-dealkylation sites (N-methyl/N-ethyl adjacent to an activating group) is 1. The summed E-state index contributed by atoms with van der Waals surface area (Å²) in [6.45, 7) is 6.22. The number of H-pyrrole nitrogens is 1. The fraction of sp³-hybridized carbons (Fsp3) is 0.280. The fourth-order valence-corrected chi connectivity index (χ4v) is 4.31. The number of hydrogen-bond donors (Lipinski definition) is 2. The first-order chi connectivity index (χ1) is 15.1. The highest BCUT2D eigenvalue weighted by molar-refractivity contribution is 5.97. The highest BCUT2D eigenvalue weighted by Crippen LogP contribution is 2.26. The molecule has 5 rings (SSSR count). The van der Waals surface area contributed by atoms with E-state index in [9.17, 15) is 4.79 Å². The number of hydrogen-bond acceptors (Lipinski definition) is 4. The lowest BCUT2D eigenvalue weighted by Crippen LogP contribution is -2.44.